The third-order valence-electron chi connectivity index (χ3n) is 2.40. The molecule has 5 nitrogen and oxygen atoms in total. The van der Waals surface area contributed by atoms with Crippen LogP contribution in [0.3, 0.4) is 0 Å². The predicted molar refractivity (Wildman–Crippen MR) is 58.3 cm³/mol. The van der Waals surface area contributed by atoms with Crippen LogP contribution in [0.4, 0.5) is 0 Å². The van der Waals surface area contributed by atoms with E-state index >= 15 is 0 Å². The fourth-order valence-corrected chi connectivity index (χ4v) is 1.59. The number of imide groups is 1. The van der Waals surface area contributed by atoms with Crippen molar-refractivity contribution < 1.29 is 14.4 Å². The molecule has 0 aromatic carbocycles. The molecule has 1 aliphatic rings. The molecule has 88 valence electrons. The monoisotopic (exact) mass is 224 g/mol. The molecule has 0 saturated heterocycles. The SMILES string of the molecule is CNC(=O)CC(C)(C)CN1C(=O)C=CC1=O. The number of carbonyl (C=O) groups is 3. The largest absolute Gasteiger partial charge is 0.359 e. The minimum Gasteiger partial charge on any atom is -0.359 e. The highest BCUT2D eigenvalue weighted by Crippen LogP contribution is 2.23. The Balaban J connectivity index is 2.62. The van der Waals surface area contributed by atoms with Crippen LogP contribution in [-0.2, 0) is 14.4 Å². The standard InChI is InChI=1S/C11H16N2O3/c1-11(2,6-8(14)12-3)7-13-9(15)4-5-10(13)16/h4-5H,6-7H2,1-3H3,(H,12,14). The molecule has 3 amide bonds. The number of hydrogen-bond acceptors (Lipinski definition) is 3. The summed E-state index contributed by atoms with van der Waals surface area (Å²) in [6, 6.07) is 0. The third kappa shape index (κ3) is 2.92. The number of amides is 3. The lowest BCUT2D eigenvalue weighted by Crippen LogP contribution is -2.40. The van der Waals surface area contributed by atoms with Gasteiger partial charge in [-0.2, -0.15) is 0 Å². The first-order chi connectivity index (χ1) is 7.35. The first-order valence-electron chi connectivity index (χ1n) is 5.10. The molecule has 0 spiro atoms. The molecule has 0 aromatic rings. The summed E-state index contributed by atoms with van der Waals surface area (Å²) in [6.45, 7) is 3.95. The van der Waals surface area contributed by atoms with Crippen LogP contribution in [0.1, 0.15) is 20.3 Å². The molecule has 0 atom stereocenters. The Morgan fingerprint density at radius 2 is 1.81 bits per heavy atom. The predicted octanol–water partition coefficient (Wildman–Crippen LogP) is 0.0737. The average Bonchev–Trinajstić information content (AvgIpc) is 2.48. The first-order valence-corrected chi connectivity index (χ1v) is 5.10. The molecule has 0 fully saturated rings. The number of carbonyl (C=O) groups excluding carboxylic acids is 3. The van der Waals surface area contributed by atoms with Crippen molar-refractivity contribution in [2.24, 2.45) is 5.41 Å². The van der Waals surface area contributed by atoms with Crippen molar-refractivity contribution in [1.82, 2.24) is 10.2 Å². The van der Waals surface area contributed by atoms with Crippen molar-refractivity contribution in [2.45, 2.75) is 20.3 Å². The second kappa shape index (κ2) is 4.47. The first kappa shape index (κ1) is 12.4. The molecule has 1 rings (SSSR count). The zero-order valence-corrected chi connectivity index (χ0v) is 9.74. The van der Waals surface area contributed by atoms with Gasteiger partial charge in [-0.1, -0.05) is 13.8 Å². The molecule has 1 aliphatic heterocycles. The lowest BCUT2D eigenvalue weighted by Gasteiger charge is -2.28. The van der Waals surface area contributed by atoms with E-state index in [0.717, 1.165) is 4.90 Å². The normalized spacial score (nSPS) is 15.8. The Morgan fingerprint density at radius 1 is 1.31 bits per heavy atom. The quantitative estimate of drug-likeness (QED) is 0.687. The summed E-state index contributed by atoms with van der Waals surface area (Å²) < 4.78 is 0. The summed E-state index contributed by atoms with van der Waals surface area (Å²) in [5.74, 6) is -0.720. The van der Waals surface area contributed by atoms with Crippen LogP contribution in [0, 0.1) is 5.41 Å². The fourth-order valence-electron chi connectivity index (χ4n) is 1.59. The molecule has 1 N–H and O–H groups in total. The van der Waals surface area contributed by atoms with Crippen LogP contribution in [0.25, 0.3) is 0 Å². The van der Waals surface area contributed by atoms with E-state index in [0.29, 0.717) is 0 Å². The zero-order chi connectivity index (χ0) is 12.3. The molecule has 0 unspecified atom stereocenters. The van der Waals surface area contributed by atoms with Crippen molar-refractivity contribution in [2.75, 3.05) is 13.6 Å². The van der Waals surface area contributed by atoms with Gasteiger partial charge in [-0.05, 0) is 5.41 Å². The van der Waals surface area contributed by atoms with Crippen molar-refractivity contribution >= 4 is 17.7 Å². The fraction of sp³-hybridized carbons (Fsp3) is 0.545. The van der Waals surface area contributed by atoms with Gasteiger partial charge in [-0.3, -0.25) is 19.3 Å². The molecule has 5 heteroatoms. The smallest absolute Gasteiger partial charge is 0.253 e. The van der Waals surface area contributed by atoms with Gasteiger partial charge in [0.2, 0.25) is 5.91 Å². The van der Waals surface area contributed by atoms with E-state index in [4.69, 9.17) is 0 Å². The van der Waals surface area contributed by atoms with Gasteiger partial charge in [0, 0.05) is 32.2 Å². The van der Waals surface area contributed by atoms with Crippen LogP contribution in [0.15, 0.2) is 12.2 Å². The number of nitrogens with one attached hydrogen (secondary N) is 1. The van der Waals surface area contributed by atoms with Gasteiger partial charge in [0.15, 0.2) is 0 Å². The minimum atomic E-state index is -0.419. The van der Waals surface area contributed by atoms with Crippen LogP contribution < -0.4 is 5.32 Å². The van der Waals surface area contributed by atoms with E-state index in [-0.39, 0.29) is 30.7 Å². The van der Waals surface area contributed by atoms with Gasteiger partial charge in [0.05, 0.1) is 0 Å². The summed E-state index contributed by atoms with van der Waals surface area (Å²) in [5.41, 5.74) is -0.419. The summed E-state index contributed by atoms with van der Waals surface area (Å²) in [5, 5.41) is 2.53. The lowest BCUT2D eigenvalue weighted by molar-refractivity contribution is -0.139. The van der Waals surface area contributed by atoms with Crippen LogP contribution >= 0.6 is 0 Å². The van der Waals surface area contributed by atoms with E-state index in [9.17, 15) is 14.4 Å². The number of rotatable bonds is 4. The van der Waals surface area contributed by atoms with E-state index in [2.05, 4.69) is 5.32 Å². The maximum atomic E-state index is 11.3. The van der Waals surface area contributed by atoms with Crippen LogP contribution in [-0.4, -0.2) is 36.2 Å². The van der Waals surface area contributed by atoms with Gasteiger partial charge in [0.1, 0.15) is 0 Å². The zero-order valence-electron chi connectivity index (χ0n) is 9.74. The van der Waals surface area contributed by atoms with Gasteiger partial charge in [-0.25, -0.2) is 0 Å². The number of hydrogen-bond donors (Lipinski definition) is 1. The Labute approximate surface area is 94.5 Å². The molecule has 16 heavy (non-hydrogen) atoms. The van der Waals surface area contributed by atoms with E-state index in [1.54, 1.807) is 7.05 Å². The Hall–Kier alpha value is -1.65. The lowest BCUT2D eigenvalue weighted by atomic mass is 9.88. The second-order valence-electron chi connectivity index (χ2n) is 4.61. The van der Waals surface area contributed by atoms with Crippen molar-refractivity contribution in [3.8, 4) is 0 Å². The van der Waals surface area contributed by atoms with Crippen molar-refractivity contribution in [3.05, 3.63) is 12.2 Å². The molecular weight excluding hydrogens is 208 g/mol. The maximum Gasteiger partial charge on any atom is 0.253 e. The Morgan fingerprint density at radius 3 is 2.25 bits per heavy atom. The molecular formula is C11H16N2O3. The molecule has 0 radical (unpaired) electrons. The van der Waals surface area contributed by atoms with Crippen LogP contribution in [0.5, 0.6) is 0 Å². The summed E-state index contributed by atoms with van der Waals surface area (Å²) >= 11 is 0. The summed E-state index contributed by atoms with van der Waals surface area (Å²) in [4.78, 5) is 35.1. The topological polar surface area (TPSA) is 66.5 Å². The molecule has 0 saturated carbocycles. The highest BCUT2D eigenvalue weighted by Gasteiger charge is 2.31. The maximum absolute atomic E-state index is 11.3. The third-order valence-corrected chi connectivity index (χ3v) is 2.40. The minimum absolute atomic E-state index is 0.0999. The highest BCUT2D eigenvalue weighted by molar-refractivity contribution is 6.12. The Kier molecular flexibility index (Phi) is 3.47. The van der Waals surface area contributed by atoms with E-state index < -0.39 is 5.41 Å². The van der Waals surface area contributed by atoms with Gasteiger partial charge >= 0.3 is 0 Å². The van der Waals surface area contributed by atoms with Crippen molar-refractivity contribution in [1.29, 1.82) is 0 Å². The van der Waals surface area contributed by atoms with Crippen molar-refractivity contribution in [3.63, 3.8) is 0 Å². The van der Waals surface area contributed by atoms with Crippen LogP contribution in [0.2, 0.25) is 0 Å². The van der Waals surface area contributed by atoms with E-state index in [1.807, 2.05) is 13.8 Å². The van der Waals surface area contributed by atoms with Gasteiger partial charge in [-0.15, -0.1) is 0 Å². The highest BCUT2D eigenvalue weighted by atomic mass is 16.2. The molecule has 0 bridgehead atoms. The number of nitrogens with zero attached hydrogens (tertiary/aromatic N) is 1. The molecule has 0 aromatic heterocycles. The van der Waals surface area contributed by atoms with Gasteiger partial charge < -0.3 is 5.32 Å². The molecule has 1 heterocycles. The Bertz CT molecular complexity index is 340. The van der Waals surface area contributed by atoms with E-state index in [1.165, 1.54) is 12.2 Å². The van der Waals surface area contributed by atoms with Gasteiger partial charge in [0.25, 0.3) is 11.8 Å². The second-order valence-corrected chi connectivity index (χ2v) is 4.61. The average molecular weight is 224 g/mol. The molecule has 0 aliphatic carbocycles. The summed E-state index contributed by atoms with van der Waals surface area (Å²) in [7, 11) is 1.56. The summed E-state index contributed by atoms with van der Waals surface area (Å²) in [6.07, 6.45) is 2.77.